The van der Waals surface area contributed by atoms with E-state index in [1.165, 1.54) is 18.1 Å². The summed E-state index contributed by atoms with van der Waals surface area (Å²) in [4.78, 5) is 29.0. The van der Waals surface area contributed by atoms with Crippen LogP contribution in [0.2, 0.25) is 0 Å². The van der Waals surface area contributed by atoms with Gasteiger partial charge in [-0.05, 0) is 30.7 Å². The molecule has 28 heavy (non-hydrogen) atoms. The zero-order valence-corrected chi connectivity index (χ0v) is 15.4. The van der Waals surface area contributed by atoms with Crippen LogP contribution in [0.3, 0.4) is 0 Å². The molecule has 8 heteroatoms. The molecule has 0 saturated heterocycles. The van der Waals surface area contributed by atoms with E-state index in [2.05, 4.69) is 20.5 Å². The molecule has 0 bridgehead atoms. The molecule has 0 spiro atoms. The van der Waals surface area contributed by atoms with Crippen molar-refractivity contribution in [3.05, 3.63) is 82.8 Å². The molecule has 0 aliphatic rings. The van der Waals surface area contributed by atoms with Crippen LogP contribution >= 0.6 is 0 Å². The van der Waals surface area contributed by atoms with Crippen molar-refractivity contribution in [3.8, 4) is 5.69 Å². The quantitative estimate of drug-likeness (QED) is 0.590. The van der Waals surface area contributed by atoms with Gasteiger partial charge in [0, 0.05) is 12.4 Å². The third-order valence-electron chi connectivity index (χ3n) is 4.60. The van der Waals surface area contributed by atoms with Crippen molar-refractivity contribution in [3.63, 3.8) is 0 Å². The number of amides is 1. The summed E-state index contributed by atoms with van der Waals surface area (Å²) in [5, 5.41) is 12.2. The van der Waals surface area contributed by atoms with E-state index in [-0.39, 0.29) is 23.2 Å². The van der Waals surface area contributed by atoms with Crippen molar-refractivity contribution in [1.29, 1.82) is 0 Å². The summed E-state index contributed by atoms with van der Waals surface area (Å²) >= 11 is 0. The smallest absolute Gasteiger partial charge is 0.274 e. The zero-order chi connectivity index (χ0) is 19.7. The molecular formula is C20H18N6O2. The maximum atomic E-state index is 12.8. The van der Waals surface area contributed by atoms with E-state index >= 15 is 0 Å². The van der Waals surface area contributed by atoms with Crippen LogP contribution in [0, 0.1) is 0 Å². The number of nitrogens with zero attached hydrogens (tertiary/aromatic N) is 5. The molecule has 0 unspecified atom stereocenters. The number of nitrogens with one attached hydrogen (secondary N) is 1. The van der Waals surface area contributed by atoms with Crippen LogP contribution in [0.5, 0.6) is 0 Å². The van der Waals surface area contributed by atoms with E-state index in [1.54, 1.807) is 35.3 Å². The van der Waals surface area contributed by atoms with Crippen LogP contribution in [0.25, 0.3) is 16.5 Å². The van der Waals surface area contributed by atoms with Gasteiger partial charge in [-0.2, -0.15) is 10.2 Å². The Bertz CT molecular complexity index is 1200. The molecule has 0 radical (unpaired) electrons. The standard InChI is InChI=1S/C20H18N6O2/c1-13(14-7-9-15(10-8-14)26-12-21-11-22-26)23-19(27)18-16-5-3-4-6-17(16)20(28)25(2)24-18/h3-13H,1-2H3,(H,23,27)/t13-/m0/s1. The van der Waals surface area contributed by atoms with Gasteiger partial charge in [0.15, 0.2) is 5.69 Å². The number of hydrogen-bond donors (Lipinski definition) is 1. The Morgan fingerprint density at radius 2 is 1.79 bits per heavy atom. The van der Waals surface area contributed by atoms with Gasteiger partial charge in [0.2, 0.25) is 0 Å². The molecule has 0 fully saturated rings. The zero-order valence-electron chi connectivity index (χ0n) is 15.4. The number of aromatic nitrogens is 5. The number of carbonyl (C=O) groups is 1. The first-order valence-electron chi connectivity index (χ1n) is 8.76. The molecule has 1 N–H and O–H groups in total. The number of hydrogen-bond acceptors (Lipinski definition) is 5. The van der Waals surface area contributed by atoms with E-state index in [0.717, 1.165) is 11.3 Å². The molecule has 0 saturated carbocycles. The minimum absolute atomic E-state index is 0.226. The summed E-state index contributed by atoms with van der Waals surface area (Å²) in [5.74, 6) is -0.334. The fraction of sp³-hybridized carbons (Fsp3) is 0.150. The Hall–Kier alpha value is -3.81. The van der Waals surface area contributed by atoms with Crippen molar-refractivity contribution in [2.45, 2.75) is 13.0 Å². The Kier molecular flexibility index (Phi) is 4.44. The van der Waals surface area contributed by atoms with E-state index in [9.17, 15) is 9.59 Å². The van der Waals surface area contributed by atoms with E-state index in [4.69, 9.17) is 0 Å². The molecule has 2 aromatic carbocycles. The average molecular weight is 374 g/mol. The predicted octanol–water partition coefficient (Wildman–Crippen LogP) is 2.01. The van der Waals surface area contributed by atoms with Crippen LogP contribution in [0.4, 0.5) is 0 Å². The van der Waals surface area contributed by atoms with Crippen LogP contribution in [-0.4, -0.2) is 30.5 Å². The van der Waals surface area contributed by atoms with Gasteiger partial charge in [0.25, 0.3) is 11.5 Å². The maximum absolute atomic E-state index is 12.8. The lowest BCUT2D eigenvalue weighted by molar-refractivity contribution is 0.0934. The Morgan fingerprint density at radius 1 is 1.07 bits per heavy atom. The lowest BCUT2D eigenvalue weighted by Crippen LogP contribution is -2.31. The van der Waals surface area contributed by atoms with E-state index in [1.807, 2.05) is 31.2 Å². The second-order valence-corrected chi connectivity index (χ2v) is 6.45. The third-order valence-corrected chi connectivity index (χ3v) is 4.60. The van der Waals surface area contributed by atoms with Gasteiger partial charge in [0.05, 0.1) is 17.1 Å². The van der Waals surface area contributed by atoms with Crippen molar-refractivity contribution in [2.24, 2.45) is 7.05 Å². The monoisotopic (exact) mass is 374 g/mol. The number of carbonyl (C=O) groups excluding carboxylic acids is 1. The lowest BCUT2D eigenvalue weighted by atomic mass is 10.1. The first-order chi connectivity index (χ1) is 13.5. The summed E-state index contributed by atoms with van der Waals surface area (Å²) < 4.78 is 2.85. The SMILES string of the molecule is C[C@H](NC(=O)c1nn(C)c(=O)c2ccccc12)c1ccc(-n2cncn2)cc1. The molecule has 1 amide bonds. The fourth-order valence-corrected chi connectivity index (χ4v) is 3.07. The number of aryl methyl sites for hydroxylation is 1. The first kappa shape index (κ1) is 17.6. The molecule has 1 atom stereocenters. The van der Waals surface area contributed by atoms with E-state index in [0.29, 0.717) is 10.8 Å². The van der Waals surface area contributed by atoms with Crippen LogP contribution in [-0.2, 0) is 7.05 Å². The predicted molar refractivity (Wildman–Crippen MR) is 104 cm³/mol. The highest BCUT2D eigenvalue weighted by Crippen LogP contribution is 2.18. The van der Waals surface area contributed by atoms with Gasteiger partial charge in [-0.3, -0.25) is 9.59 Å². The van der Waals surface area contributed by atoms with Crippen molar-refractivity contribution < 1.29 is 4.79 Å². The molecule has 2 aromatic heterocycles. The number of rotatable bonds is 4. The molecule has 0 aliphatic carbocycles. The summed E-state index contributed by atoms with van der Waals surface area (Å²) in [6.07, 6.45) is 3.10. The summed E-state index contributed by atoms with van der Waals surface area (Å²) in [7, 11) is 1.54. The molecule has 0 aliphatic heterocycles. The Labute approximate surface area is 160 Å². The fourth-order valence-electron chi connectivity index (χ4n) is 3.07. The summed E-state index contributed by atoms with van der Waals surface area (Å²) in [6.45, 7) is 1.90. The highest BCUT2D eigenvalue weighted by molar-refractivity contribution is 6.04. The van der Waals surface area contributed by atoms with Crippen LogP contribution in [0.1, 0.15) is 29.0 Å². The highest BCUT2D eigenvalue weighted by Gasteiger charge is 2.18. The van der Waals surface area contributed by atoms with Crippen molar-refractivity contribution in [2.75, 3.05) is 0 Å². The van der Waals surface area contributed by atoms with Crippen molar-refractivity contribution in [1.82, 2.24) is 29.9 Å². The molecule has 2 heterocycles. The van der Waals surface area contributed by atoms with Gasteiger partial charge in [-0.25, -0.2) is 14.3 Å². The molecular weight excluding hydrogens is 356 g/mol. The van der Waals surface area contributed by atoms with Gasteiger partial charge in [0.1, 0.15) is 12.7 Å². The Morgan fingerprint density at radius 3 is 2.46 bits per heavy atom. The molecule has 140 valence electrons. The van der Waals surface area contributed by atoms with Gasteiger partial charge in [-0.1, -0.05) is 30.3 Å². The maximum Gasteiger partial charge on any atom is 0.274 e. The second kappa shape index (κ2) is 7.07. The average Bonchev–Trinajstić information content (AvgIpc) is 3.25. The minimum atomic E-state index is -0.334. The normalized spacial score (nSPS) is 12.1. The van der Waals surface area contributed by atoms with Gasteiger partial charge < -0.3 is 5.32 Å². The molecule has 8 nitrogen and oxygen atoms in total. The lowest BCUT2D eigenvalue weighted by Gasteiger charge is -2.15. The van der Waals surface area contributed by atoms with E-state index < -0.39 is 0 Å². The minimum Gasteiger partial charge on any atom is -0.344 e. The largest absolute Gasteiger partial charge is 0.344 e. The second-order valence-electron chi connectivity index (χ2n) is 6.45. The summed E-state index contributed by atoms with van der Waals surface area (Å²) in [6, 6.07) is 14.4. The molecule has 4 aromatic rings. The molecule has 4 rings (SSSR count). The number of fused-ring (bicyclic) bond motifs is 1. The van der Waals surface area contributed by atoms with Crippen LogP contribution < -0.4 is 10.9 Å². The Balaban J connectivity index is 1.59. The summed E-state index contributed by atoms with van der Waals surface area (Å²) in [5.41, 5.74) is 1.81. The topological polar surface area (TPSA) is 94.7 Å². The first-order valence-corrected chi connectivity index (χ1v) is 8.76. The van der Waals surface area contributed by atoms with Crippen LogP contribution in [0.15, 0.2) is 66.0 Å². The highest BCUT2D eigenvalue weighted by atomic mass is 16.2. The van der Waals surface area contributed by atoms with Crippen molar-refractivity contribution >= 4 is 16.7 Å². The van der Waals surface area contributed by atoms with Gasteiger partial charge in [-0.15, -0.1) is 0 Å². The number of benzene rings is 2. The third kappa shape index (κ3) is 3.16. The van der Waals surface area contributed by atoms with Gasteiger partial charge >= 0.3 is 0 Å².